The molecule has 0 aliphatic heterocycles. The molecule has 4 heteroatoms. The second-order valence-electron chi connectivity index (χ2n) is 4.64. The molecule has 0 aliphatic carbocycles. The minimum atomic E-state index is -0.590. The summed E-state index contributed by atoms with van der Waals surface area (Å²) in [5.41, 5.74) is 3.21. The number of amides is 1. The standard InChI is InChI=1S/C16H17NO3/c1-11-8-14(15(18)9-12(11)2)17-16(19)20-10-13-6-4-3-5-7-13/h3-9,18H,10H2,1-2H3,(H,17,19). The molecule has 0 heterocycles. The van der Waals surface area contributed by atoms with Gasteiger partial charge >= 0.3 is 6.09 Å². The van der Waals surface area contributed by atoms with Crippen LogP contribution in [0.15, 0.2) is 42.5 Å². The van der Waals surface area contributed by atoms with Crippen LogP contribution < -0.4 is 5.32 Å². The van der Waals surface area contributed by atoms with Gasteiger partial charge in [0.2, 0.25) is 0 Å². The smallest absolute Gasteiger partial charge is 0.412 e. The molecule has 0 aliphatic rings. The first-order valence-electron chi connectivity index (χ1n) is 6.34. The van der Waals surface area contributed by atoms with Crippen LogP contribution in [0.3, 0.4) is 0 Å². The normalized spacial score (nSPS) is 10.1. The number of anilines is 1. The van der Waals surface area contributed by atoms with E-state index in [1.54, 1.807) is 12.1 Å². The first-order valence-corrected chi connectivity index (χ1v) is 6.34. The number of aryl methyl sites for hydroxylation is 2. The Morgan fingerprint density at radius 2 is 1.80 bits per heavy atom. The van der Waals surface area contributed by atoms with Crippen molar-refractivity contribution in [3.63, 3.8) is 0 Å². The highest BCUT2D eigenvalue weighted by atomic mass is 16.5. The zero-order valence-corrected chi connectivity index (χ0v) is 11.5. The summed E-state index contributed by atoms with van der Waals surface area (Å²) in [6.07, 6.45) is -0.590. The number of carbonyl (C=O) groups is 1. The fraction of sp³-hybridized carbons (Fsp3) is 0.188. The molecule has 0 saturated carbocycles. The Morgan fingerprint density at radius 1 is 1.15 bits per heavy atom. The molecule has 2 aromatic rings. The zero-order valence-electron chi connectivity index (χ0n) is 11.5. The Morgan fingerprint density at radius 3 is 2.50 bits per heavy atom. The molecule has 4 nitrogen and oxygen atoms in total. The summed E-state index contributed by atoms with van der Waals surface area (Å²) >= 11 is 0. The van der Waals surface area contributed by atoms with Crippen molar-refractivity contribution in [1.29, 1.82) is 0 Å². The van der Waals surface area contributed by atoms with Crippen molar-refractivity contribution >= 4 is 11.8 Å². The van der Waals surface area contributed by atoms with Gasteiger partial charge in [0.1, 0.15) is 12.4 Å². The molecule has 2 aromatic carbocycles. The van der Waals surface area contributed by atoms with Gasteiger partial charge in [0.05, 0.1) is 5.69 Å². The molecule has 0 saturated heterocycles. The van der Waals surface area contributed by atoms with E-state index in [1.807, 2.05) is 44.2 Å². The Labute approximate surface area is 118 Å². The van der Waals surface area contributed by atoms with E-state index in [0.29, 0.717) is 5.69 Å². The van der Waals surface area contributed by atoms with Crippen molar-refractivity contribution in [2.45, 2.75) is 20.5 Å². The Kier molecular flexibility index (Phi) is 4.25. The van der Waals surface area contributed by atoms with Gasteiger partial charge in [-0.15, -0.1) is 0 Å². The minimum Gasteiger partial charge on any atom is -0.506 e. The lowest BCUT2D eigenvalue weighted by Crippen LogP contribution is -2.13. The Balaban J connectivity index is 1.97. The van der Waals surface area contributed by atoms with Gasteiger partial charge in [0.25, 0.3) is 0 Å². The van der Waals surface area contributed by atoms with Gasteiger partial charge in [0.15, 0.2) is 0 Å². The maximum absolute atomic E-state index is 11.7. The quantitative estimate of drug-likeness (QED) is 0.836. The SMILES string of the molecule is Cc1cc(O)c(NC(=O)OCc2ccccc2)cc1C. The van der Waals surface area contributed by atoms with Crippen LogP contribution in [0.5, 0.6) is 5.75 Å². The molecule has 0 spiro atoms. The van der Waals surface area contributed by atoms with E-state index in [0.717, 1.165) is 16.7 Å². The fourth-order valence-corrected chi connectivity index (χ4v) is 1.77. The molecule has 0 aromatic heterocycles. The van der Waals surface area contributed by atoms with Crippen molar-refractivity contribution in [1.82, 2.24) is 0 Å². The predicted molar refractivity (Wildman–Crippen MR) is 77.8 cm³/mol. The van der Waals surface area contributed by atoms with Crippen LogP contribution in [0.4, 0.5) is 10.5 Å². The second-order valence-corrected chi connectivity index (χ2v) is 4.64. The summed E-state index contributed by atoms with van der Waals surface area (Å²) < 4.78 is 5.10. The van der Waals surface area contributed by atoms with E-state index >= 15 is 0 Å². The zero-order chi connectivity index (χ0) is 14.5. The number of phenols is 1. The lowest BCUT2D eigenvalue weighted by atomic mass is 10.1. The van der Waals surface area contributed by atoms with Crippen molar-refractivity contribution in [3.05, 3.63) is 59.2 Å². The summed E-state index contributed by atoms with van der Waals surface area (Å²) in [5.74, 6) is 0.0322. The van der Waals surface area contributed by atoms with E-state index in [1.165, 1.54) is 0 Å². The van der Waals surface area contributed by atoms with E-state index in [-0.39, 0.29) is 12.4 Å². The molecule has 0 fully saturated rings. The van der Waals surface area contributed by atoms with Crippen LogP contribution in [0.1, 0.15) is 16.7 Å². The van der Waals surface area contributed by atoms with Gasteiger partial charge in [-0.25, -0.2) is 4.79 Å². The molecule has 0 bridgehead atoms. The summed E-state index contributed by atoms with van der Waals surface area (Å²) in [7, 11) is 0. The molecular formula is C16H17NO3. The molecule has 2 N–H and O–H groups in total. The van der Waals surface area contributed by atoms with Crippen LogP contribution in [0.2, 0.25) is 0 Å². The van der Waals surface area contributed by atoms with E-state index < -0.39 is 6.09 Å². The monoisotopic (exact) mass is 271 g/mol. The number of hydrogen-bond acceptors (Lipinski definition) is 3. The van der Waals surface area contributed by atoms with Gasteiger partial charge in [-0.05, 0) is 42.7 Å². The van der Waals surface area contributed by atoms with E-state index in [9.17, 15) is 9.90 Å². The largest absolute Gasteiger partial charge is 0.506 e. The van der Waals surface area contributed by atoms with Gasteiger partial charge in [-0.2, -0.15) is 0 Å². The predicted octanol–water partition coefficient (Wildman–Crippen LogP) is 3.76. The van der Waals surface area contributed by atoms with Gasteiger partial charge in [-0.1, -0.05) is 30.3 Å². The number of rotatable bonds is 3. The topological polar surface area (TPSA) is 58.6 Å². The molecule has 0 unspecified atom stereocenters. The first kappa shape index (κ1) is 13.9. The summed E-state index contributed by atoms with van der Waals surface area (Å²) in [5, 5.41) is 12.3. The third kappa shape index (κ3) is 3.51. The number of nitrogens with one attached hydrogen (secondary N) is 1. The van der Waals surface area contributed by atoms with Crippen molar-refractivity contribution in [2.24, 2.45) is 0 Å². The number of hydrogen-bond donors (Lipinski definition) is 2. The third-order valence-corrected chi connectivity index (χ3v) is 3.06. The van der Waals surface area contributed by atoms with Crippen LogP contribution >= 0.6 is 0 Å². The molecule has 20 heavy (non-hydrogen) atoms. The molecule has 104 valence electrons. The number of phenolic OH excluding ortho intramolecular Hbond substituents is 1. The minimum absolute atomic E-state index is 0.0322. The summed E-state index contributed by atoms with van der Waals surface area (Å²) in [6.45, 7) is 4.00. The van der Waals surface area contributed by atoms with Crippen molar-refractivity contribution in [3.8, 4) is 5.75 Å². The van der Waals surface area contributed by atoms with Crippen LogP contribution in [-0.2, 0) is 11.3 Å². The van der Waals surface area contributed by atoms with E-state index in [4.69, 9.17) is 4.74 Å². The van der Waals surface area contributed by atoms with Crippen LogP contribution in [0, 0.1) is 13.8 Å². The van der Waals surface area contributed by atoms with Gasteiger partial charge < -0.3 is 9.84 Å². The first-order chi connectivity index (χ1) is 9.56. The number of aromatic hydroxyl groups is 1. The maximum Gasteiger partial charge on any atom is 0.412 e. The van der Waals surface area contributed by atoms with Crippen molar-refractivity contribution < 1.29 is 14.6 Å². The highest BCUT2D eigenvalue weighted by molar-refractivity contribution is 5.86. The third-order valence-electron chi connectivity index (χ3n) is 3.06. The maximum atomic E-state index is 11.7. The highest BCUT2D eigenvalue weighted by Gasteiger charge is 2.09. The van der Waals surface area contributed by atoms with Crippen LogP contribution in [0.25, 0.3) is 0 Å². The number of ether oxygens (including phenoxy) is 1. The fourth-order valence-electron chi connectivity index (χ4n) is 1.77. The lowest BCUT2D eigenvalue weighted by Gasteiger charge is -2.10. The van der Waals surface area contributed by atoms with E-state index in [2.05, 4.69) is 5.32 Å². The van der Waals surface area contributed by atoms with Gasteiger partial charge in [0, 0.05) is 0 Å². The number of benzene rings is 2. The average molecular weight is 271 g/mol. The molecule has 1 amide bonds. The Bertz CT molecular complexity index is 609. The second kappa shape index (κ2) is 6.10. The van der Waals surface area contributed by atoms with Crippen LogP contribution in [-0.4, -0.2) is 11.2 Å². The molecule has 2 rings (SSSR count). The average Bonchev–Trinajstić information content (AvgIpc) is 2.44. The lowest BCUT2D eigenvalue weighted by molar-refractivity contribution is 0.155. The summed E-state index contributed by atoms with van der Waals surface area (Å²) in [6, 6.07) is 12.7. The van der Waals surface area contributed by atoms with Gasteiger partial charge in [-0.3, -0.25) is 5.32 Å². The van der Waals surface area contributed by atoms with Crippen molar-refractivity contribution in [2.75, 3.05) is 5.32 Å². The molecule has 0 radical (unpaired) electrons. The number of carbonyl (C=O) groups excluding carboxylic acids is 1. The molecule has 0 atom stereocenters. The molecular weight excluding hydrogens is 254 g/mol. The summed E-state index contributed by atoms with van der Waals surface area (Å²) in [4.78, 5) is 11.7. The Hall–Kier alpha value is -2.49. The highest BCUT2D eigenvalue weighted by Crippen LogP contribution is 2.26.